The van der Waals surface area contributed by atoms with Crippen LogP contribution in [0.15, 0.2) is 41.3 Å². The maximum Gasteiger partial charge on any atom is 0.243 e. The van der Waals surface area contributed by atoms with Gasteiger partial charge in [0.25, 0.3) is 0 Å². The van der Waals surface area contributed by atoms with Gasteiger partial charge in [-0.05, 0) is 51.8 Å². The highest BCUT2D eigenvalue weighted by molar-refractivity contribution is 7.89. The molecule has 172 valence electrons. The van der Waals surface area contributed by atoms with Gasteiger partial charge >= 0.3 is 0 Å². The molecule has 2 aliphatic rings. The van der Waals surface area contributed by atoms with Crippen molar-refractivity contribution in [2.24, 2.45) is 5.92 Å². The lowest BCUT2D eigenvalue weighted by molar-refractivity contribution is -0.120. The van der Waals surface area contributed by atoms with Crippen LogP contribution in [0.3, 0.4) is 0 Å². The molecule has 2 heterocycles. The standard InChI is InChI=1S/C24H30N2O5S/c1-4-30-23-14-19-13-17(3)31-22(19)15-21(23)25-24(27)18-9-11-26(12-10-18)32(28,29)20-7-5-16(2)6-8-20/h5-8,14-15,17-18H,4,9-13H2,1-3H3,(H,25,27)/t17-/m0/s1. The summed E-state index contributed by atoms with van der Waals surface area (Å²) in [7, 11) is -3.55. The maximum absolute atomic E-state index is 13.0. The number of fused-ring (bicyclic) bond motifs is 1. The number of sulfonamides is 1. The summed E-state index contributed by atoms with van der Waals surface area (Å²) < 4.78 is 38.9. The van der Waals surface area contributed by atoms with Crippen molar-refractivity contribution in [1.82, 2.24) is 4.31 Å². The molecular formula is C24H30N2O5S. The Morgan fingerprint density at radius 1 is 1.19 bits per heavy atom. The van der Waals surface area contributed by atoms with Crippen LogP contribution >= 0.6 is 0 Å². The Bertz CT molecular complexity index is 1090. The molecule has 0 bridgehead atoms. The van der Waals surface area contributed by atoms with E-state index in [2.05, 4.69) is 5.32 Å². The van der Waals surface area contributed by atoms with Crippen molar-refractivity contribution in [2.75, 3.05) is 25.0 Å². The van der Waals surface area contributed by atoms with E-state index in [1.54, 1.807) is 24.3 Å². The van der Waals surface area contributed by atoms with E-state index in [0.717, 1.165) is 23.3 Å². The summed E-state index contributed by atoms with van der Waals surface area (Å²) in [6.45, 7) is 6.96. The summed E-state index contributed by atoms with van der Waals surface area (Å²) in [6.07, 6.45) is 1.86. The molecule has 0 aromatic heterocycles. The minimum atomic E-state index is -3.55. The first-order chi connectivity index (χ1) is 15.3. The fourth-order valence-electron chi connectivity index (χ4n) is 4.26. The Labute approximate surface area is 189 Å². The van der Waals surface area contributed by atoms with Crippen LogP contribution in [0.5, 0.6) is 11.5 Å². The summed E-state index contributed by atoms with van der Waals surface area (Å²) in [5.74, 6) is 1.03. The van der Waals surface area contributed by atoms with Crippen LogP contribution in [-0.4, -0.2) is 44.4 Å². The van der Waals surface area contributed by atoms with E-state index in [1.807, 2.05) is 32.9 Å². The van der Waals surface area contributed by atoms with Crippen molar-refractivity contribution >= 4 is 21.6 Å². The van der Waals surface area contributed by atoms with E-state index < -0.39 is 10.0 Å². The second-order valence-electron chi connectivity index (χ2n) is 8.50. The zero-order valence-electron chi connectivity index (χ0n) is 18.8. The molecule has 0 spiro atoms. The minimum absolute atomic E-state index is 0.102. The van der Waals surface area contributed by atoms with Crippen molar-refractivity contribution in [3.05, 3.63) is 47.5 Å². The zero-order valence-corrected chi connectivity index (χ0v) is 19.6. The summed E-state index contributed by atoms with van der Waals surface area (Å²) in [4.78, 5) is 13.3. The van der Waals surface area contributed by atoms with Crippen LogP contribution in [0.25, 0.3) is 0 Å². The molecular weight excluding hydrogens is 428 g/mol. The Balaban J connectivity index is 1.42. The molecule has 7 nitrogen and oxygen atoms in total. The number of piperidine rings is 1. The first kappa shape index (κ1) is 22.6. The van der Waals surface area contributed by atoms with Crippen molar-refractivity contribution in [1.29, 1.82) is 0 Å². The first-order valence-electron chi connectivity index (χ1n) is 11.1. The maximum atomic E-state index is 13.0. The second-order valence-corrected chi connectivity index (χ2v) is 10.4. The van der Waals surface area contributed by atoms with Crippen molar-refractivity contribution in [3.8, 4) is 11.5 Å². The molecule has 0 unspecified atom stereocenters. The molecule has 2 aromatic rings. The van der Waals surface area contributed by atoms with Crippen LogP contribution in [0.1, 0.15) is 37.8 Å². The lowest BCUT2D eigenvalue weighted by Gasteiger charge is -2.30. The van der Waals surface area contributed by atoms with Crippen molar-refractivity contribution < 1.29 is 22.7 Å². The number of amides is 1. The fraction of sp³-hybridized carbons (Fsp3) is 0.458. The van der Waals surface area contributed by atoms with E-state index in [0.29, 0.717) is 48.9 Å². The van der Waals surface area contributed by atoms with Gasteiger partial charge in [0.2, 0.25) is 15.9 Å². The Hall–Kier alpha value is -2.58. The largest absolute Gasteiger partial charge is 0.492 e. The van der Waals surface area contributed by atoms with Crippen molar-refractivity contribution in [2.45, 2.75) is 51.0 Å². The Morgan fingerprint density at radius 3 is 2.53 bits per heavy atom. The highest BCUT2D eigenvalue weighted by Crippen LogP contribution is 2.38. The summed E-state index contributed by atoms with van der Waals surface area (Å²) in [5, 5.41) is 2.99. The number of carbonyl (C=O) groups excluding carboxylic acids is 1. The van der Waals surface area contributed by atoms with Gasteiger partial charge in [0, 0.05) is 37.1 Å². The predicted octanol–water partition coefficient (Wildman–Crippen LogP) is 3.76. The molecule has 32 heavy (non-hydrogen) atoms. The van der Waals surface area contributed by atoms with Gasteiger partial charge in [-0.2, -0.15) is 4.31 Å². The lowest BCUT2D eigenvalue weighted by atomic mass is 9.97. The molecule has 1 N–H and O–H groups in total. The normalized spacial score (nSPS) is 19.3. The number of hydrogen-bond acceptors (Lipinski definition) is 5. The fourth-order valence-corrected chi connectivity index (χ4v) is 5.73. The van der Waals surface area contributed by atoms with Gasteiger partial charge in [-0.25, -0.2) is 8.42 Å². The van der Waals surface area contributed by atoms with E-state index >= 15 is 0 Å². The van der Waals surface area contributed by atoms with Gasteiger partial charge in [-0.15, -0.1) is 0 Å². The molecule has 8 heteroatoms. The van der Waals surface area contributed by atoms with Gasteiger partial charge in [0.1, 0.15) is 17.6 Å². The summed E-state index contributed by atoms with van der Waals surface area (Å²) in [5.41, 5.74) is 2.69. The van der Waals surface area contributed by atoms with Gasteiger partial charge < -0.3 is 14.8 Å². The average molecular weight is 459 g/mol. The minimum Gasteiger partial charge on any atom is -0.492 e. The first-order valence-corrected chi connectivity index (χ1v) is 12.6. The molecule has 0 radical (unpaired) electrons. The zero-order chi connectivity index (χ0) is 22.9. The van der Waals surface area contributed by atoms with Crippen LogP contribution in [-0.2, 0) is 21.2 Å². The van der Waals surface area contributed by atoms with Crippen LogP contribution in [0.2, 0.25) is 0 Å². The highest BCUT2D eigenvalue weighted by Gasteiger charge is 2.32. The number of carbonyl (C=O) groups is 1. The van der Waals surface area contributed by atoms with E-state index in [-0.39, 0.29) is 17.9 Å². The van der Waals surface area contributed by atoms with E-state index in [9.17, 15) is 13.2 Å². The molecule has 1 atom stereocenters. The highest BCUT2D eigenvalue weighted by atomic mass is 32.2. The third-order valence-corrected chi connectivity index (χ3v) is 7.95. The van der Waals surface area contributed by atoms with Crippen LogP contribution < -0.4 is 14.8 Å². The third kappa shape index (κ3) is 4.61. The number of anilines is 1. The predicted molar refractivity (Wildman–Crippen MR) is 123 cm³/mol. The molecule has 0 aliphatic carbocycles. The number of rotatable bonds is 6. The van der Waals surface area contributed by atoms with Crippen LogP contribution in [0, 0.1) is 12.8 Å². The number of hydrogen-bond donors (Lipinski definition) is 1. The molecule has 0 saturated carbocycles. The van der Waals surface area contributed by atoms with E-state index in [4.69, 9.17) is 9.47 Å². The quantitative estimate of drug-likeness (QED) is 0.713. The number of ether oxygens (including phenoxy) is 2. The molecule has 1 fully saturated rings. The number of nitrogens with zero attached hydrogens (tertiary/aromatic N) is 1. The lowest BCUT2D eigenvalue weighted by Crippen LogP contribution is -2.41. The molecule has 2 aromatic carbocycles. The van der Waals surface area contributed by atoms with E-state index in [1.165, 1.54) is 4.31 Å². The van der Waals surface area contributed by atoms with Gasteiger partial charge in [-0.3, -0.25) is 4.79 Å². The molecule has 1 amide bonds. The summed E-state index contributed by atoms with van der Waals surface area (Å²) in [6, 6.07) is 10.6. The molecule has 4 rings (SSSR count). The number of nitrogens with one attached hydrogen (secondary N) is 1. The SMILES string of the molecule is CCOc1cc2c(cc1NC(=O)C1CCN(S(=O)(=O)c3ccc(C)cc3)CC1)O[C@@H](C)C2. The molecule has 1 saturated heterocycles. The third-order valence-electron chi connectivity index (χ3n) is 6.04. The topological polar surface area (TPSA) is 84.9 Å². The average Bonchev–Trinajstić information content (AvgIpc) is 3.13. The summed E-state index contributed by atoms with van der Waals surface area (Å²) >= 11 is 0. The second kappa shape index (κ2) is 9.11. The van der Waals surface area contributed by atoms with Gasteiger partial charge in [0.15, 0.2) is 0 Å². The smallest absolute Gasteiger partial charge is 0.243 e. The monoisotopic (exact) mass is 458 g/mol. The van der Waals surface area contributed by atoms with Gasteiger partial charge in [-0.1, -0.05) is 17.7 Å². The van der Waals surface area contributed by atoms with Crippen LogP contribution in [0.4, 0.5) is 5.69 Å². The molecule has 2 aliphatic heterocycles. The Morgan fingerprint density at radius 2 is 1.88 bits per heavy atom. The van der Waals surface area contributed by atoms with Gasteiger partial charge in [0.05, 0.1) is 17.2 Å². The number of benzene rings is 2. The van der Waals surface area contributed by atoms with Crippen molar-refractivity contribution in [3.63, 3.8) is 0 Å². The Kier molecular flexibility index (Phi) is 6.44. The number of aryl methyl sites for hydroxylation is 1.